The Hall–Kier alpha value is -0.760. The molecule has 78 valence electrons. The molecule has 0 bridgehead atoms. The minimum atomic E-state index is 0.359. The first-order chi connectivity index (χ1) is 7.22. The molecule has 1 aromatic carbocycles. The van der Waals surface area contributed by atoms with Gasteiger partial charge in [-0.1, -0.05) is 36.9 Å². The Bertz CT molecular complexity index is 400. The van der Waals surface area contributed by atoms with Gasteiger partial charge in [-0.2, -0.15) is 0 Å². The van der Waals surface area contributed by atoms with Crippen LogP contribution in [0, 0.1) is 17.3 Å². The van der Waals surface area contributed by atoms with Crippen LogP contribution in [0.1, 0.15) is 19.8 Å². The molecule has 15 heavy (non-hydrogen) atoms. The van der Waals surface area contributed by atoms with Crippen LogP contribution in [0.25, 0.3) is 0 Å². The molecule has 1 aromatic rings. The van der Waals surface area contributed by atoms with Crippen LogP contribution in [-0.2, 0) is 4.79 Å². The van der Waals surface area contributed by atoms with E-state index >= 15 is 0 Å². The van der Waals surface area contributed by atoms with E-state index in [1.165, 1.54) is 18.2 Å². The van der Waals surface area contributed by atoms with Gasteiger partial charge in [-0.25, -0.2) is 0 Å². The van der Waals surface area contributed by atoms with Gasteiger partial charge in [-0.05, 0) is 36.3 Å². The number of carbonyl (C=O) groups is 1. The van der Waals surface area contributed by atoms with Gasteiger partial charge in [-0.15, -0.1) is 0 Å². The molecule has 0 aromatic heterocycles. The molecule has 0 amide bonds. The highest BCUT2D eigenvalue weighted by Gasteiger charge is 2.70. The predicted molar refractivity (Wildman–Crippen MR) is 61.6 cm³/mol. The normalized spacial score (nSPS) is 36.6. The van der Waals surface area contributed by atoms with Gasteiger partial charge in [0.2, 0.25) is 0 Å². The van der Waals surface area contributed by atoms with Crippen molar-refractivity contribution in [1.82, 2.24) is 0 Å². The Kier molecular flexibility index (Phi) is 1.96. The van der Waals surface area contributed by atoms with Crippen molar-refractivity contribution < 1.29 is 4.79 Å². The maximum atomic E-state index is 11.9. The molecule has 0 aliphatic heterocycles. The molecule has 3 unspecified atom stereocenters. The summed E-state index contributed by atoms with van der Waals surface area (Å²) in [5.41, 5.74) is 0.457. The van der Waals surface area contributed by atoms with Crippen LogP contribution in [0.2, 0.25) is 0 Å². The number of rotatable bonds is 2. The Morgan fingerprint density at radius 1 is 1.33 bits per heavy atom. The fourth-order valence-electron chi connectivity index (χ4n) is 2.60. The summed E-state index contributed by atoms with van der Waals surface area (Å²) in [6.45, 7) is 2.26. The van der Waals surface area contributed by atoms with Gasteiger partial charge < -0.3 is 0 Å². The third kappa shape index (κ3) is 1.51. The van der Waals surface area contributed by atoms with Crippen LogP contribution in [0.4, 0.5) is 0 Å². The summed E-state index contributed by atoms with van der Waals surface area (Å²) in [5, 5.41) is 0.380. The molecule has 2 heteroatoms. The van der Waals surface area contributed by atoms with Crippen LogP contribution < -0.4 is 0 Å². The van der Waals surface area contributed by atoms with Crippen LogP contribution in [0.3, 0.4) is 0 Å². The molecule has 2 fully saturated rings. The Labute approximate surface area is 94.3 Å². The van der Waals surface area contributed by atoms with Gasteiger partial charge in [0.15, 0.2) is 5.12 Å². The Morgan fingerprint density at radius 2 is 2.00 bits per heavy atom. The second-order valence-corrected chi connectivity index (χ2v) is 5.91. The highest BCUT2D eigenvalue weighted by molar-refractivity contribution is 8.13. The minimum absolute atomic E-state index is 0.359. The van der Waals surface area contributed by atoms with E-state index in [2.05, 4.69) is 6.92 Å². The molecule has 3 atom stereocenters. The van der Waals surface area contributed by atoms with Crippen molar-refractivity contribution in [3.05, 3.63) is 30.3 Å². The highest BCUT2D eigenvalue weighted by Crippen LogP contribution is 2.75. The molecule has 0 radical (unpaired) electrons. The van der Waals surface area contributed by atoms with Crippen LogP contribution in [0.5, 0.6) is 0 Å². The molecule has 2 saturated carbocycles. The molecule has 3 rings (SSSR count). The molecule has 0 saturated heterocycles. The van der Waals surface area contributed by atoms with E-state index in [1.54, 1.807) is 0 Å². The second kappa shape index (κ2) is 3.11. The number of benzene rings is 1. The van der Waals surface area contributed by atoms with Crippen LogP contribution in [-0.4, -0.2) is 5.12 Å². The van der Waals surface area contributed by atoms with Crippen molar-refractivity contribution in [2.45, 2.75) is 24.7 Å². The lowest BCUT2D eigenvalue weighted by molar-refractivity contribution is -0.112. The Balaban J connectivity index is 1.64. The van der Waals surface area contributed by atoms with Gasteiger partial charge in [0.25, 0.3) is 0 Å². The van der Waals surface area contributed by atoms with E-state index in [1.807, 2.05) is 30.3 Å². The average molecular weight is 218 g/mol. The molecule has 2 aliphatic rings. The first-order valence-electron chi connectivity index (χ1n) is 5.49. The molecule has 1 spiro atoms. The summed E-state index contributed by atoms with van der Waals surface area (Å²) in [5.74, 6) is 1.15. The van der Waals surface area contributed by atoms with E-state index in [0.29, 0.717) is 16.4 Å². The smallest absolute Gasteiger partial charge is 0.197 e. The van der Waals surface area contributed by atoms with Gasteiger partial charge in [0.05, 0.1) is 0 Å². The van der Waals surface area contributed by atoms with Crippen LogP contribution in [0.15, 0.2) is 35.2 Å². The van der Waals surface area contributed by atoms with E-state index in [0.717, 1.165) is 17.2 Å². The quantitative estimate of drug-likeness (QED) is 0.708. The van der Waals surface area contributed by atoms with Crippen molar-refractivity contribution in [2.24, 2.45) is 17.3 Å². The van der Waals surface area contributed by atoms with E-state index in [4.69, 9.17) is 0 Å². The largest absolute Gasteiger partial charge is 0.287 e. The van der Waals surface area contributed by atoms with Crippen molar-refractivity contribution in [3.8, 4) is 0 Å². The summed E-state index contributed by atoms with van der Waals surface area (Å²) in [7, 11) is 0. The molecule has 0 N–H and O–H groups in total. The molecular formula is C13H14OS. The molecule has 2 aliphatic carbocycles. The Morgan fingerprint density at radius 3 is 2.53 bits per heavy atom. The first-order valence-corrected chi connectivity index (χ1v) is 6.31. The van der Waals surface area contributed by atoms with E-state index < -0.39 is 0 Å². The maximum Gasteiger partial charge on any atom is 0.197 e. The van der Waals surface area contributed by atoms with Gasteiger partial charge in [-0.3, -0.25) is 4.79 Å². The third-order valence-electron chi connectivity index (χ3n) is 3.87. The summed E-state index contributed by atoms with van der Waals surface area (Å²) in [6.07, 6.45) is 2.42. The zero-order valence-corrected chi connectivity index (χ0v) is 9.59. The maximum absolute atomic E-state index is 11.9. The van der Waals surface area contributed by atoms with Crippen LogP contribution >= 0.6 is 11.8 Å². The molecular weight excluding hydrogens is 204 g/mol. The number of hydrogen-bond acceptors (Lipinski definition) is 2. The van der Waals surface area contributed by atoms with Gasteiger partial charge in [0.1, 0.15) is 0 Å². The fourth-order valence-corrected chi connectivity index (χ4v) is 3.58. The minimum Gasteiger partial charge on any atom is -0.287 e. The lowest BCUT2D eigenvalue weighted by Gasteiger charge is -1.98. The standard InChI is InChI=1S/C13H14OS/c1-9-7-13(9)8-11(13)12(14)15-10-5-3-2-4-6-10/h2-6,9,11H,7-8H2,1H3. The van der Waals surface area contributed by atoms with E-state index in [9.17, 15) is 4.79 Å². The zero-order valence-electron chi connectivity index (χ0n) is 8.77. The SMILES string of the molecule is CC1CC12CC2C(=O)Sc1ccccc1. The van der Waals surface area contributed by atoms with Gasteiger partial charge >= 0.3 is 0 Å². The topological polar surface area (TPSA) is 17.1 Å². The summed E-state index contributed by atoms with van der Waals surface area (Å²) < 4.78 is 0. The highest BCUT2D eigenvalue weighted by atomic mass is 32.2. The fraction of sp³-hybridized carbons (Fsp3) is 0.462. The number of hydrogen-bond donors (Lipinski definition) is 0. The summed E-state index contributed by atoms with van der Waals surface area (Å²) in [6, 6.07) is 9.97. The third-order valence-corrected chi connectivity index (χ3v) is 4.87. The lowest BCUT2D eigenvalue weighted by atomic mass is 10.3. The predicted octanol–water partition coefficient (Wildman–Crippen LogP) is 3.35. The summed E-state index contributed by atoms with van der Waals surface area (Å²) in [4.78, 5) is 13.0. The monoisotopic (exact) mass is 218 g/mol. The second-order valence-electron chi connectivity index (χ2n) is 4.83. The summed E-state index contributed by atoms with van der Waals surface area (Å²) >= 11 is 1.42. The van der Waals surface area contributed by atoms with Crippen molar-refractivity contribution in [3.63, 3.8) is 0 Å². The van der Waals surface area contributed by atoms with Crippen molar-refractivity contribution in [1.29, 1.82) is 0 Å². The zero-order chi connectivity index (χ0) is 10.5. The first kappa shape index (κ1) is 9.46. The number of thioether (sulfide) groups is 1. The lowest BCUT2D eigenvalue weighted by Crippen LogP contribution is -1.97. The molecule has 0 heterocycles. The van der Waals surface area contributed by atoms with Crippen molar-refractivity contribution in [2.75, 3.05) is 0 Å². The van der Waals surface area contributed by atoms with E-state index in [-0.39, 0.29) is 0 Å². The average Bonchev–Trinajstić information content (AvgIpc) is 3.09. The van der Waals surface area contributed by atoms with Gasteiger partial charge in [0, 0.05) is 10.8 Å². The van der Waals surface area contributed by atoms with Crippen molar-refractivity contribution >= 4 is 16.9 Å². The number of carbonyl (C=O) groups excluding carboxylic acids is 1. The molecule has 1 nitrogen and oxygen atoms in total.